The number of methoxy groups -OCH3 is 1. The average molecular weight is 295 g/mol. The summed E-state index contributed by atoms with van der Waals surface area (Å²) in [6, 6.07) is 2.73. The number of carboxylic acid groups (broad SMARTS) is 1. The zero-order valence-corrected chi connectivity index (χ0v) is 11.7. The largest absolute Gasteiger partial charge is 0.481 e. The summed E-state index contributed by atoms with van der Waals surface area (Å²) in [5.74, 6) is -0.482. The molecule has 0 spiro atoms. The summed E-state index contributed by atoms with van der Waals surface area (Å²) in [7, 11) is 1.43. The van der Waals surface area contributed by atoms with Crippen molar-refractivity contribution in [2.45, 2.75) is 25.7 Å². The molecular formula is C13H17N3O5. The summed E-state index contributed by atoms with van der Waals surface area (Å²) < 4.78 is 4.96. The fraction of sp³-hybridized carbons (Fsp3) is 0.538. The molecule has 1 aliphatic carbocycles. The minimum Gasteiger partial charge on any atom is -0.481 e. The summed E-state index contributed by atoms with van der Waals surface area (Å²) in [4.78, 5) is 25.4. The van der Waals surface area contributed by atoms with E-state index in [-0.39, 0.29) is 29.2 Å². The van der Waals surface area contributed by atoms with Gasteiger partial charge >= 0.3 is 11.7 Å². The standard InChI is InChI=1S/C13H17N3O5/c1-21-10-4-3-9(16(19)20)12(15-10)14-8-13(5-2-6-13)7-11(17)18/h3-4H,2,5-8H2,1H3,(H,14,15)(H,17,18). The van der Waals surface area contributed by atoms with Crippen LogP contribution in [0, 0.1) is 15.5 Å². The van der Waals surface area contributed by atoms with Crippen LogP contribution in [0.5, 0.6) is 5.88 Å². The maximum Gasteiger partial charge on any atom is 0.311 e. The fourth-order valence-electron chi connectivity index (χ4n) is 2.51. The van der Waals surface area contributed by atoms with E-state index >= 15 is 0 Å². The second-order valence-electron chi connectivity index (χ2n) is 5.26. The predicted molar refractivity (Wildman–Crippen MR) is 74.5 cm³/mol. The van der Waals surface area contributed by atoms with Crippen molar-refractivity contribution in [3.63, 3.8) is 0 Å². The predicted octanol–water partition coefficient (Wildman–Crippen LogP) is 2.06. The molecule has 21 heavy (non-hydrogen) atoms. The number of rotatable bonds is 7. The normalized spacial score (nSPS) is 15.9. The van der Waals surface area contributed by atoms with Crippen LogP contribution >= 0.6 is 0 Å². The molecule has 1 aliphatic rings. The van der Waals surface area contributed by atoms with E-state index in [1.54, 1.807) is 0 Å². The molecule has 0 unspecified atom stereocenters. The minimum absolute atomic E-state index is 0.0533. The number of pyridine rings is 1. The number of aromatic nitrogens is 1. The maximum atomic E-state index is 11.0. The van der Waals surface area contributed by atoms with E-state index in [9.17, 15) is 14.9 Å². The second kappa shape index (κ2) is 5.94. The first-order valence-corrected chi connectivity index (χ1v) is 6.61. The molecule has 2 N–H and O–H groups in total. The average Bonchev–Trinajstić information content (AvgIpc) is 2.40. The van der Waals surface area contributed by atoms with Gasteiger partial charge in [-0.3, -0.25) is 14.9 Å². The van der Waals surface area contributed by atoms with E-state index in [2.05, 4.69) is 10.3 Å². The number of carbonyl (C=O) groups is 1. The SMILES string of the molecule is COc1ccc([N+](=O)[O-])c(NCC2(CC(=O)O)CCC2)n1. The monoisotopic (exact) mass is 295 g/mol. The van der Waals surface area contributed by atoms with E-state index in [1.165, 1.54) is 19.2 Å². The summed E-state index contributed by atoms with van der Waals surface area (Å²) in [6.45, 7) is 0.348. The van der Waals surface area contributed by atoms with Crippen LogP contribution in [0.4, 0.5) is 11.5 Å². The van der Waals surface area contributed by atoms with Crippen molar-refractivity contribution in [2.75, 3.05) is 19.0 Å². The highest BCUT2D eigenvalue weighted by Gasteiger charge is 2.39. The molecule has 1 aromatic rings. The molecule has 0 atom stereocenters. The van der Waals surface area contributed by atoms with Crippen LogP contribution in [0.15, 0.2) is 12.1 Å². The summed E-state index contributed by atoms with van der Waals surface area (Å²) >= 11 is 0. The van der Waals surface area contributed by atoms with Crippen LogP contribution in [0.25, 0.3) is 0 Å². The number of aliphatic carboxylic acids is 1. The van der Waals surface area contributed by atoms with Gasteiger partial charge in [-0.1, -0.05) is 6.42 Å². The van der Waals surface area contributed by atoms with Crippen LogP contribution < -0.4 is 10.1 Å². The van der Waals surface area contributed by atoms with Crippen molar-refractivity contribution in [3.8, 4) is 5.88 Å². The van der Waals surface area contributed by atoms with E-state index in [0.29, 0.717) is 6.54 Å². The van der Waals surface area contributed by atoms with Crippen molar-refractivity contribution in [1.82, 2.24) is 4.98 Å². The van der Waals surface area contributed by atoms with Crippen LogP contribution in [0.3, 0.4) is 0 Å². The van der Waals surface area contributed by atoms with E-state index in [0.717, 1.165) is 19.3 Å². The van der Waals surface area contributed by atoms with Crippen molar-refractivity contribution in [2.24, 2.45) is 5.41 Å². The first kappa shape index (κ1) is 15.0. The molecule has 0 bridgehead atoms. The molecule has 0 aliphatic heterocycles. The number of carboxylic acids is 1. The smallest absolute Gasteiger partial charge is 0.311 e. The van der Waals surface area contributed by atoms with Crippen LogP contribution in [-0.2, 0) is 4.79 Å². The fourth-order valence-corrected chi connectivity index (χ4v) is 2.51. The van der Waals surface area contributed by atoms with Gasteiger partial charge in [0.25, 0.3) is 0 Å². The zero-order valence-electron chi connectivity index (χ0n) is 11.7. The highest BCUT2D eigenvalue weighted by Crippen LogP contribution is 2.44. The molecule has 1 saturated carbocycles. The Kier molecular flexibility index (Phi) is 4.25. The number of nitro groups is 1. The quantitative estimate of drug-likeness (QED) is 0.584. The number of nitrogens with zero attached hydrogens (tertiary/aromatic N) is 2. The van der Waals surface area contributed by atoms with Crippen LogP contribution in [0.2, 0.25) is 0 Å². The van der Waals surface area contributed by atoms with Gasteiger partial charge in [-0.25, -0.2) is 0 Å². The Morgan fingerprint density at radius 1 is 1.57 bits per heavy atom. The third-order valence-corrected chi connectivity index (χ3v) is 3.83. The lowest BCUT2D eigenvalue weighted by Gasteiger charge is -2.40. The van der Waals surface area contributed by atoms with Gasteiger partial charge < -0.3 is 15.2 Å². The van der Waals surface area contributed by atoms with E-state index < -0.39 is 10.9 Å². The van der Waals surface area contributed by atoms with Crippen LogP contribution in [0.1, 0.15) is 25.7 Å². The minimum atomic E-state index is -0.857. The third kappa shape index (κ3) is 3.39. The summed E-state index contributed by atoms with van der Waals surface area (Å²) in [5, 5.41) is 22.9. The Labute approximate surface area is 121 Å². The first-order chi connectivity index (χ1) is 9.96. The molecule has 0 amide bonds. The Bertz CT molecular complexity index is 557. The Hall–Kier alpha value is -2.38. The lowest BCUT2D eigenvalue weighted by atomic mass is 9.66. The van der Waals surface area contributed by atoms with Gasteiger partial charge in [-0.2, -0.15) is 4.98 Å². The Balaban J connectivity index is 2.14. The van der Waals surface area contributed by atoms with Gasteiger partial charge in [0, 0.05) is 18.7 Å². The Morgan fingerprint density at radius 3 is 2.76 bits per heavy atom. The van der Waals surface area contributed by atoms with Gasteiger partial charge in [0.2, 0.25) is 11.7 Å². The van der Waals surface area contributed by atoms with E-state index in [1.807, 2.05) is 0 Å². The first-order valence-electron chi connectivity index (χ1n) is 6.61. The molecular weight excluding hydrogens is 278 g/mol. The number of hydrogen-bond donors (Lipinski definition) is 2. The molecule has 8 heteroatoms. The van der Waals surface area contributed by atoms with Gasteiger partial charge in [-0.15, -0.1) is 0 Å². The van der Waals surface area contributed by atoms with Crippen LogP contribution in [-0.4, -0.2) is 34.6 Å². The van der Waals surface area contributed by atoms with Gasteiger partial charge in [0.1, 0.15) is 0 Å². The van der Waals surface area contributed by atoms with Gasteiger partial charge in [0.15, 0.2) is 0 Å². The second-order valence-corrected chi connectivity index (χ2v) is 5.26. The number of hydrogen-bond acceptors (Lipinski definition) is 6. The van der Waals surface area contributed by atoms with Gasteiger partial charge in [-0.05, 0) is 18.3 Å². The molecule has 1 heterocycles. The highest BCUT2D eigenvalue weighted by atomic mass is 16.6. The molecule has 1 fully saturated rings. The molecule has 0 aromatic carbocycles. The van der Waals surface area contributed by atoms with Crippen molar-refractivity contribution < 1.29 is 19.6 Å². The lowest BCUT2D eigenvalue weighted by molar-refractivity contribution is -0.384. The van der Waals surface area contributed by atoms with Crippen molar-refractivity contribution >= 4 is 17.5 Å². The number of ether oxygens (including phenoxy) is 1. The molecule has 0 radical (unpaired) electrons. The highest BCUT2D eigenvalue weighted by molar-refractivity contribution is 5.68. The number of anilines is 1. The topological polar surface area (TPSA) is 115 Å². The molecule has 8 nitrogen and oxygen atoms in total. The van der Waals surface area contributed by atoms with Crippen molar-refractivity contribution in [1.29, 1.82) is 0 Å². The number of nitrogens with one attached hydrogen (secondary N) is 1. The molecule has 2 rings (SSSR count). The molecule has 1 aromatic heterocycles. The van der Waals surface area contributed by atoms with E-state index in [4.69, 9.17) is 9.84 Å². The molecule has 114 valence electrons. The lowest BCUT2D eigenvalue weighted by Crippen LogP contribution is -2.38. The molecule has 0 saturated heterocycles. The van der Waals surface area contributed by atoms with Crippen molar-refractivity contribution in [3.05, 3.63) is 22.2 Å². The summed E-state index contributed by atoms with van der Waals surface area (Å²) in [6.07, 6.45) is 2.62. The third-order valence-electron chi connectivity index (χ3n) is 3.83. The maximum absolute atomic E-state index is 11.0. The van der Waals surface area contributed by atoms with Gasteiger partial charge in [0.05, 0.1) is 18.5 Å². The Morgan fingerprint density at radius 2 is 2.29 bits per heavy atom. The zero-order chi connectivity index (χ0) is 15.5. The summed E-state index contributed by atoms with van der Waals surface area (Å²) in [5.41, 5.74) is -0.495.